The molecule has 1 aromatic heterocycles. The third kappa shape index (κ3) is 4.18. The number of piperazine rings is 1. The van der Waals surface area contributed by atoms with Crippen LogP contribution >= 0.6 is 15.9 Å². The molecule has 1 saturated heterocycles. The van der Waals surface area contributed by atoms with Crippen molar-refractivity contribution >= 4 is 27.7 Å². The molecule has 1 amide bonds. The van der Waals surface area contributed by atoms with Gasteiger partial charge in [-0.15, -0.1) is 0 Å². The number of hydrogen-bond acceptors (Lipinski definition) is 4. The number of carbonyl (C=O) groups excluding carboxylic acids is 1. The number of carbonyl (C=O) groups is 1. The summed E-state index contributed by atoms with van der Waals surface area (Å²) in [7, 11) is 0. The molecule has 5 nitrogen and oxygen atoms in total. The highest BCUT2D eigenvalue weighted by atomic mass is 79.9. The first-order valence-corrected chi connectivity index (χ1v) is 9.59. The summed E-state index contributed by atoms with van der Waals surface area (Å²) in [5.74, 6) is 1.89. The van der Waals surface area contributed by atoms with E-state index in [4.69, 9.17) is 0 Å². The first kappa shape index (κ1) is 17.9. The largest absolute Gasteiger partial charge is 0.353 e. The van der Waals surface area contributed by atoms with E-state index >= 15 is 0 Å². The van der Waals surface area contributed by atoms with Crippen LogP contribution in [0.2, 0.25) is 0 Å². The topological polar surface area (TPSA) is 49.3 Å². The number of anilines is 1. The Hall–Kier alpha value is -1.95. The van der Waals surface area contributed by atoms with Gasteiger partial charge < -0.3 is 9.80 Å². The van der Waals surface area contributed by atoms with Gasteiger partial charge in [-0.05, 0) is 13.3 Å². The Morgan fingerprint density at radius 3 is 2.48 bits per heavy atom. The molecule has 2 aromatic rings. The Kier molecular flexibility index (Phi) is 5.68. The van der Waals surface area contributed by atoms with Crippen LogP contribution in [0, 0.1) is 6.92 Å². The average Bonchev–Trinajstić information content (AvgIpc) is 2.67. The minimum absolute atomic E-state index is 0.0787. The molecule has 1 atom stereocenters. The van der Waals surface area contributed by atoms with Crippen LogP contribution in [0.3, 0.4) is 0 Å². The lowest BCUT2D eigenvalue weighted by Gasteiger charge is -2.36. The molecule has 0 spiro atoms. The Morgan fingerprint density at radius 2 is 1.84 bits per heavy atom. The maximum Gasteiger partial charge on any atom is 0.236 e. The van der Waals surface area contributed by atoms with E-state index in [0.717, 1.165) is 55.5 Å². The second-order valence-electron chi connectivity index (χ2n) is 6.21. The third-order valence-corrected chi connectivity index (χ3v) is 5.47. The Bertz CT molecular complexity index is 729. The zero-order valence-corrected chi connectivity index (χ0v) is 16.2. The van der Waals surface area contributed by atoms with Crippen molar-refractivity contribution in [2.75, 3.05) is 31.1 Å². The van der Waals surface area contributed by atoms with Gasteiger partial charge in [-0.2, -0.15) is 0 Å². The first-order valence-electron chi connectivity index (χ1n) is 8.67. The Morgan fingerprint density at radius 1 is 1.16 bits per heavy atom. The second kappa shape index (κ2) is 7.95. The van der Waals surface area contributed by atoms with Crippen LogP contribution in [-0.2, 0) is 4.79 Å². The summed E-state index contributed by atoms with van der Waals surface area (Å²) in [5, 5.41) is 0. The van der Waals surface area contributed by atoms with Gasteiger partial charge in [0.05, 0.1) is 10.5 Å². The van der Waals surface area contributed by atoms with Crippen molar-refractivity contribution in [3.8, 4) is 11.3 Å². The predicted octanol–water partition coefficient (Wildman–Crippen LogP) is 3.27. The number of amides is 1. The molecule has 0 aliphatic carbocycles. The van der Waals surface area contributed by atoms with Crippen LogP contribution in [0.15, 0.2) is 36.4 Å². The lowest BCUT2D eigenvalue weighted by Crippen LogP contribution is -2.50. The quantitative estimate of drug-likeness (QED) is 0.736. The third-order valence-electron chi connectivity index (χ3n) is 4.44. The maximum atomic E-state index is 12.3. The van der Waals surface area contributed by atoms with Crippen molar-refractivity contribution in [2.45, 2.75) is 25.1 Å². The highest BCUT2D eigenvalue weighted by Gasteiger charge is 2.25. The Balaban J connectivity index is 1.74. The summed E-state index contributed by atoms with van der Waals surface area (Å²) in [6.45, 7) is 6.98. The molecule has 1 fully saturated rings. The summed E-state index contributed by atoms with van der Waals surface area (Å²) in [4.78, 5) is 25.6. The molecular formula is C19H23BrN4O. The molecule has 1 unspecified atom stereocenters. The molecule has 1 aromatic carbocycles. The van der Waals surface area contributed by atoms with Gasteiger partial charge in [-0.3, -0.25) is 4.79 Å². The fraction of sp³-hybridized carbons (Fsp3) is 0.421. The van der Waals surface area contributed by atoms with Gasteiger partial charge in [0.1, 0.15) is 11.6 Å². The van der Waals surface area contributed by atoms with Gasteiger partial charge in [-0.1, -0.05) is 53.2 Å². The summed E-state index contributed by atoms with van der Waals surface area (Å²) in [6.07, 6.45) is 0.810. The van der Waals surface area contributed by atoms with Crippen LogP contribution in [0.25, 0.3) is 11.3 Å². The lowest BCUT2D eigenvalue weighted by molar-refractivity contribution is -0.130. The van der Waals surface area contributed by atoms with Crippen molar-refractivity contribution in [2.24, 2.45) is 0 Å². The van der Waals surface area contributed by atoms with Crippen molar-refractivity contribution in [1.29, 1.82) is 0 Å². The normalized spacial score (nSPS) is 16.0. The molecule has 25 heavy (non-hydrogen) atoms. The molecule has 3 rings (SSSR count). The SMILES string of the molecule is CCC(Br)C(=O)N1CCN(c2cc(-c3ccccc3)nc(C)n2)CC1. The Labute approximate surface area is 157 Å². The van der Waals surface area contributed by atoms with Crippen molar-refractivity contribution in [3.63, 3.8) is 0 Å². The van der Waals surface area contributed by atoms with E-state index in [1.54, 1.807) is 0 Å². The van der Waals surface area contributed by atoms with E-state index in [1.165, 1.54) is 0 Å². The van der Waals surface area contributed by atoms with Gasteiger partial charge in [-0.25, -0.2) is 9.97 Å². The number of alkyl halides is 1. The summed E-state index contributed by atoms with van der Waals surface area (Å²) in [6, 6.07) is 12.2. The van der Waals surface area contributed by atoms with E-state index < -0.39 is 0 Å². The molecule has 0 bridgehead atoms. The van der Waals surface area contributed by atoms with Gasteiger partial charge in [0.25, 0.3) is 0 Å². The summed E-state index contributed by atoms with van der Waals surface area (Å²) >= 11 is 3.46. The van der Waals surface area contributed by atoms with Crippen LogP contribution in [0.4, 0.5) is 5.82 Å². The number of hydrogen-bond donors (Lipinski definition) is 0. The fourth-order valence-electron chi connectivity index (χ4n) is 3.00. The standard InChI is InChI=1S/C19H23BrN4O/c1-3-16(20)19(25)24-11-9-23(10-12-24)18-13-17(21-14(2)22-18)15-7-5-4-6-8-15/h4-8,13,16H,3,9-12H2,1-2H3. The van der Waals surface area contributed by atoms with Gasteiger partial charge in [0, 0.05) is 37.8 Å². The van der Waals surface area contributed by atoms with Crippen LogP contribution in [0.1, 0.15) is 19.2 Å². The molecule has 1 aliphatic rings. The minimum atomic E-state index is -0.0787. The van der Waals surface area contributed by atoms with E-state index in [0.29, 0.717) is 0 Å². The highest BCUT2D eigenvalue weighted by Crippen LogP contribution is 2.23. The number of aromatic nitrogens is 2. The molecular weight excluding hydrogens is 380 g/mol. The number of halogens is 1. The predicted molar refractivity (Wildman–Crippen MR) is 104 cm³/mol. The van der Waals surface area contributed by atoms with Gasteiger partial charge in [0.15, 0.2) is 0 Å². The van der Waals surface area contributed by atoms with Crippen molar-refractivity contribution in [3.05, 3.63) is 42.2 Å². The van der Waals surface area contributed by atoms with E-state index in [1.807, 2.05) is 43.0 Å². The van der Waals surface area contributed by atoms with E-state index in [9.17, 15) is 4.79 Å². The van der Waals surface area contributed by atoms with Crippen LogP contribution < -0.4 is 4.90 Å². The van der Waals surface area contributed by atoms with Gasteiger partial charge in [0.2, 0.25) is 5.91 Å². The molecule has 6 heteroatoms. The van der Waals surface area contributed by atoms with Crippen molar-refractivity contribution in [1.82, 2.24) is 14.9 Å². The zero-order chi connectivity index (χ0) is 17.8. The fourth-order valence-corrected chi connectivity index (χ4v) is 3.29. The van der Waals surface area contributed by atoms with Crippen molar-refractivity contribution < 1.29 is 4.79 Å². The van der Waals surface area contributed by atoms with Gasteiger partial charge >= 0.3 is 0 Å². The maximum absolute atomic E-state index is 12.3. The highest BCUT2D eigenvalue weighted by molar-refractivity contribution is 9.10. The average molecular weight is 403 g/mol. The van der Waals surface area contributed by atoms with E-state index in [-0.39, 0.29) is 10.7 Å². The molecule has 0 N–H and O–H groups in total. The lowest BCUT2D eigenvalue weighted by atomic mass is 10.1. The zero-order valence-electron chi connectivity index (χ0n) is 14.7. The molecule has 2 heterocycles. The molecule has 0 saturated carbocycles. The summed E-state index contributed by atoms with van der Waals surface area (Å²) in [5.41, 5.74) is 2.03. The smallest absolute Gasteiger partial charge is 0.236 e. The molecule has 132 valence electrons. The second-order valence-corrected chi connectivity index (χ2v) is 7.32. The summed E-state index contributed by atoms with van der Waals surface area (Å²) < 4.78 is 0. The number of rotatable bonds is 4. The van der Waals surface area contributed by atoms with Crippen LogP contribution in [0.5, 0.6) is 0 Å². The first-order chi connectivity index (χ1) is 12.1. The van der Waals surface area contributed by atoms with Crippen LogP contribution in [-0.4, -0.2) is 51.8 Å². The monoisotopic (exact) mass is 402 g/mol. The number of nitrogens with zero attached hydrogens (tertiary/aromatic N) is 4. The number of aryl methyl sites for hydroxylation is 1. The molecule has 1 aliphatic heterocycles. The minimum Gasteiger partial charge on any atom is -0.353 e. The molecule has 0 radical (unpaired) electrons. The van der Waals surface area contributed by atoms with E-state index in [2.05, 4.69) is 42.9 Å². The number of benzene rings is 1.